The number of aliphatic hydroxyl groups excluding tert-OH is 1. The molecule has 0 aliphatic heterocycles. The molecule has 2 N–H and O–H groups in total. The van der Waals surface area contributed by atoms with Crippen molar-refractivity contribution in [2.45, 2.75) is 45.7 Å². The lowest BCUT2D eigenvalue weighted by atomic mass is 9.96. The van der Waals surface area contributed by atoms with Crippen LogP contribution in [-0.4, -0.2) is 27.2 Å². The summed E-state index contributed by atoms with van der Waals surface area (Å²) in [6.45, 7) is 2.75. The highest BCUT2D eigenvalue weighted by Crippen LogP contribution is 2.36. The van der Waals surface area contributed by atoms with Crippen molar-refractivity contribution in [2.24, 2.45) is 5.92 Å². The summed E-state index contributed by atoms with van der Waals surface area (Å²) >= 11 is 0. The van der Waals surface area contributed by atoms with Crippen molar-refractivity contribution in [1.82, 2.24) is 14.9 Å². The lowest BCUT2D eigenvalue weighted by Gasteiger charge is -2.21. The van der Waals surface area contributed by atoms with Crippen LogP contribution in [0.2, 0.25) is 0 Å². The van der Waals surface area contributed by atoms with Crippen LogP contribution in [0.5, 0.6) is 0 Å². The van der Waals surface area contributed by atoms with Crippen LogP contribution in [0.3, 0.4) is 0 Å². The summed E-state index contributed by atoms with van der Waals surface area (Å²) in [6, 6.07) is 11.3. The molecule has 12 heteroatoms. The Morgan fingerprint density at radius 1 is 1.00 bits per heavy atom. The number of halogens is 6. The number of aryl methyl sites for hydroxylation is 1. The van der Waals surface area contributed by atoms with Crippen LogP contribution in [0.1, 0.15) is 46.1 Å². The molecule has 0 saturated carbocycles. The molecule has 4 aromatic rings. The number of nitrogens with zero attached hydrogens (tertiary/aromatic N) is 2. The average Bonchev–Trinajstić information content (AvgIpc) is 2.94. The van der Waals surface area contributed by atoms with E-state index in [0.717, 1.165) is 5.56 Å². The average molecular weight is 592 g/mol. The molecular formula is C30H27F6N3O3. The van der Waals surface area contributed by atoms with Gasteiger partial charge in [0.25, 0.3) is 11.5 Å². The maximum atomic E-state index is 13.8. The predicted octanol–water partition coefficient (Wildman–Crippen LogP) is 6.36. The number of nitrogens with one attached hydrogen (secondary N) is 1. The van der Waals surface area contributed by atoms with E-state index in [4.69, 9.17) is 0 Å². The number of aromatic nitrogens is 2. The maximum absolute atomic E-state index is 13.8. The van der Waals surface area contributed by atoms with Crippen molar-refractivity contribution in [3.8, 4) is 11.1 Å². The van der Waals surface area contributed by atoms with Crippen molar-refractivity contribution in [2.75, 3.05) is 6.61 Å². The van der Waals surface area contributed by atoms with Gasteiger partial charge < -0.3 is 15.0 Å². The summed E-state index contributed by atoms with van der Waals surface area (Å²) < 4.78 is 81.5. The molecule has 1 atom stereocenters. The molecule has 4 rings (SSSR count). The monoisotopic (exact) mass is 591 g/mol. The molecule has 0 unspecified atom stereocenters. The van der Waals surface area contributed by atoms with Gasteiger partial charge in [-0.2, -0.15) is 26.3 Å². The minimum absolute atomic E-state index is 0.00350. The molecule has 0 aliphatic carbocycles. The first kappa shape index (κ1) is 30.8. The highest BCUT2D eigenvalue weighted by Gasteiger charge is 2.37. The zero-order valence-electron chi connectivity index (χ0n) is 22.6. The van der Waals surface area contributed by atoms with Gasteiger partial charge in [0.05, 0.1) is 11.1 Å². The van der Waals surface area contributed by atoms with Gasteiger partial charge >= 0.3 is 12.4 Å². The van der Waals surface area contributed by atoms with Gasteiger partial charge in [0.2, 0.25) is 0 Å². The van der Waals surface area contributed by atoms with Gasteiger partial charge in [-0.1, -0.05) is 42.8 Å². The van der Waals surface area contributed by atoms with Crippen molar-refractivity contribution < 1.29 is 36.2 Å². The van der Waals surface area contributed by atoms with Gasteiger partial charge in [-0.15, -0.1) is 0 Å². The Hall–Kier alpha value is -4.19. The second-order valence-corrected chi connectivity index (χ2v) is 10.1. The topological polar surface area (TPSA) is 84.2 Å². The predicted molar refractivity (Wildman–Crippen MR) is 145 cm³/mol. The van der Waals surface area contributed by atoms with E-state index in [9.17, 15) is 41.0 Å². The highest BCUT2D eigenvalue weighted by molar-refractivity contribution is 6.07. The normalized spacial score (nSPS) is 12.9. The Bertz CT molecular complexity index is 1630. The van der Waals surface area contributed by atoms with E-state index >= 15 is 0 Å². The number of rotatable bonds is 8. The van der Waals surface area contributed by atoms with E-state index in [-0.39, 0.29) is 36.3 Å². The third-order valence-electron chi connectivity index (χ3n) is 6.84. The standard InChI is InChI=1S/C30H27F6N3O3/c1-17-5-7-20(8-6-17)24-23-4-3-10-37-25(23)28(42)39(11-9-18(2)16-40)26(24)27(41)38-15-19-12-21(29(31,32)33)14-22(13-19)30(34,35)36/h3-8,10,12-14,18,40H,9,11,15-16H2,1-2H3,(H,38,41)/t18-/m0/s1. The van der Waals surface area contributed by atoms with E-state index < -0.39 is 47.1 Å². The van der Waals surface area contributed by atoms with Crippen molar-refractivity contribution in [3.05, 3.63) is 99.1 Å². The molecule has 2 heterocycles. The van der Waals surface area contributed by atoms with Crippen LogP contribution in [0, 0.1) is 12.8 Å². The van der Waals surface area contributed by atoms with E-state index in [2.05, 4.69) is 10.3 Å². The van der Waals surface area contributed by atoms with Gasteiger partial charge in [0.15, 0.2) is 0 Å². The molecule has 1 amide bonds. The third-order valence-corrected chi connectivity index (χ3v) is 6.84. The summed E-state index contributed by atoms with van der Waals surface area (Å²) in [5, 5.41) is 12.3. The Morgan fingerprint density at radius 2 is 1.62 bits per heavy atom. The summed E-state index contributed by atoms with van der Waals surface area (Å²) in [5.74, 6) is -1.11. The molecule has 6 nitrogen and oxygen atoms in total. The number of aliphatic hydroxyl groups is 1. The van der Waals surface area contributed by atoms with Crippen LogP contribution in [-0.2, 0) is 25.4 Å². The number of benzene rings is 2. The fourth-order valence-electron chi connectivity index (χ4n) is 4.56. The smallest absolute Gasteiger partial charge is 0.396 e. The molecule has 0 aliphatic rings. The highest BCUT2D eigenvalue weighted by atomic mass is 19.4. The summed E-state index contributed by atoms with van der Waals surface area (Å²) in [6.07, 6.45) is -8.37. The van der Waals surface area contributed by atoms with Crippen LogP contribution in [0.15, 0.2) is 65.6 Å². The summed E-state index contributed by atoms with van der Waals surface area (Å²) in [7, 11) is 0. The number of amides is 1. The zero-order chi connectivity index (χ0) is 30.8. The van der Waals surface area contributed by atoms with Gasteiger partial charge in [-0.05, 0) is 54.7 Å². The van der Waals surface area contributed by atoms with Crippen molar-refractivity contribution >= 4 is 16.8 Å². The molecule has 42 heavy (non-hydrogen) atoms. The molecular weight excluding hydrogens is 564 g/mol. The molecule has 222 valence electrons. The SMILES string of the molecule is Cc1ccc(-c2c(C(=O)NCc3cc(C(F)(F)F)cc(C(F)(F)F)c3)n(CC[C@H](C)CO)c(=O)c3ncccc23)cc1. The quantitative estimate of drug-likeness (QED) is 0.234. The Morgan fingerprint density at radius 3 is 2.19 bits per heavy atom. The number of fused-ring (bicyclic) bond motifs is 1. The minimum atomic E-state index is -5.05. The largest absolute Gasteiger partial charge is 0.416 e. The second-order valence-electron chi connectivity index (χ2n) is 10.1. The number of hydrogen-bond donors (Lipinski definition) is 2. The van der Waals surface area contributed by atoms with Crippen molar-refractivity contribution in [1.29, 1.82) is 0 Å². The van der Waals surface area contributed by atoms with Crippen LogP contribution < -0.4 is 10.9 Å². The molecule has 2 aromatic carbocycles. The number of alkyl halides is 6. The molecule has 0 spiro atoms. The zero-order valence-corrected chi connectivity index (χ0v) is 22.6. The van der Waals surface area contributed by atoms with Crippen LogP contribution >= 0.6 is 0 Å². The molecule has 2 aromatic heterocycles. The van der Waals surface area contributed by atoms with E-state index in [1.807, 2.05) is 6.92 Å². The summed E-state index contributed by atoms with van der Waals surface area (Å²) in [5.41, 5.74) is -2.29. The molecule has 0 bridgehead atoms. The lowest BCUT2D eigenvalue weighted by Crippen LogP contribution is -2.34. The number of hydrogen-bond acceptors (Lipinski definition) is 4. The van der Waals surface area contributed by atoms with Gasteiger partial charge in [0.1, 0.15) is 11.2 Å². The maximum Gasteiger partial charge on any atom is 0.416 e. The fraction of sp³-hybridized carbons (Fsp3) is 0.300. The first-order chi connectivity index (χ1) is 19.7. The van der Waals surface area contributed by atoms with E-state index in [1.165, 1.54) is 10.8 Å². The molecule has 0 fully saturated rings. The van der Waals surface area contributed by atoms with E-state index in [1.54, 1.807) is 43.3 Å². The van der Waals surface area contributed by atoms with Gasteiger partial charge in [-0.25, -0.2) is 0 Å². The first-order valence-electron chi connectivity index (χ1n) is 13.0. The number of pyridine rings is 2. The van der Waals surface area contributed by atoms with Crippen LogP contribution in [0.4, 0.5) is 26.3 Å². The Balaban J connectivity index is 1.87. The molecule has 0 saturated heterocycles. The number of carbonyl (C=O) groups is 1. The Kier molecular flexibility index (Phi) is 8.76. The Labute approximate surface area is 236 Å². The summed E-state index contributed by atoms with van der Waals surface area (Å²) in [4.78, 5) is 31.6. The molecule has 0 radical (unpaired) electrons. The minimum Gasteiger partial charge on any atom is -0.396 e. The van der Waals surface area contributed by atoms with Gasteiger partial charge in [0, 0.05) is 36.8 Å². The number of carbonyl (C=O) groups excluding carboxylic acids is 1. The first-order valence-corrected chi connectivity index (χ1v) is 13.0. The second kappa shape index (κ2) is 12.0. The third kappa shape index (κ3) is 6.64. The lowest BCUT2D eigenvalue weighted by molar-refractivity contribution is -0.143. The van der Waals surface area contributed by atoms with Crippen LogP contribution in [0.25, 0.3) is 22.0 Å². The fourth-order valence-corrected chi connectivity index (χ4v) is 4.56. The van der Waals surface area contributed by atoms with E-state index in [0.29, 0.717) is 35.1 Å². The van der Waals surface area contributed by atoms with Gasteiger partial charge in [-0.3, -0.25) is 14.6 Å². The van der Waals surface area contributed by atoms with Crippen molar-refractivity contribution in [3.63, 3.8) is 0 Å².